The fourth-order valence-corrected chi connectivity index (χ4v) is 2.23. The fraction of sp³-hybridized carbons (Fsp3) is 0.357. The van der Waals surface area contributed by atoms with Crippen molar-refractivity contribution in [3.63, 3.8) is 0 Å². The summed E-state index contributed by atoms with van der Waals surface area (Å²) in [5.74, 6) is 0.707. The normalized spacial score (nSPS) is 12.7. The molecule has 0 aliphatic heterocycles. The van der Waals surface area contributed by atoms with Crippen LogP contribution in [0.3, 0.4) is 0 Å². The molecule has 0 saturated carbocycles. The monoisotopic (exact) mass is 308 g/mol. The van der Waals surface area contributed by atoms with Crippen LogP contribution in [0, 0.1) is 6.92 Å². The summed E-state index contributed by atoms with van der Waals surface area (Å²) < 4.78 is 3.05. The first-order chi connectivity index (χ1) is 8.63. The minimum atomic E-state index is -0.668. The molecule has 18 heavy (non-hydrogen) atoms. The van der Waals surface area contributed by atoms with Crippen LogP contribution >= 0.6 is 15.9 Å². The Labute approximate surface area is 116 Å². The molecule has 1 unspecified atom stereocenters. The van der Waals surface area contributed by atoms with Gasteiger partial charge in [0.25, 0.3) is 0 Å². The Morgan fingerprint density at radius 2 is 2.22 bits per heavy atom. The maximum atomic E-state index is 10.4. The lowest BCUT2D eigenvalue weighted by Gasteiger charge is -2.14. The summed E-state index contributed by atoms with van der Waals surface area (Å²) in [6.07, 6.45) is 4.00. The number of aryl methyl sites for hydroxylation is 2. The largest absolute Gasteiger partial charge is 0.380 e. The highest BCUT2D eigenvalue weighted by Crippen LogP contribution is 2.25. The maximum Gasteiger partial charge on any atom is 0.142 e. The minimum absolute atomic E-state index is 0.668. The summed E-state index contributed by atoms with van der Waals surface area (Å²) in [4.78, 5) is 4.26. The molecule has 0 aliphatic carbocycles. The molecule has 1 aromatic carbocycles. The summed E-state index contributed by atoms with van der Waals surface area (Å²) in [7, 11) is 0. The third-order valence-electron chi connectivity index (χ3n) is 2.95. The van der Waals surface area contributed by atoms with Crippen LogP contribution in [-0.4, -0.2) is 14.7 Å². The van der Waals surface area contributed by atoms with Crippen molar-refractivity contribution in [2.24, 2.45) is 0 Å². The van der Waals surface area contributed by atoms with Gasteiger partial charge >= 0.3 is 0 Å². The molecule has 0 radical (unpaired) electrons. The lowest BCUT2D eigenvalue weighted by molar-refractivity contribution is 0.204. The molecule has 0 amide bonds. The van der Waals surface area contributed by atoms with E-state index in [1.165, 1.54) is 0 Å². The zero-order valence-electron chi connectivity index (χ0n) is 10.6. The quantitative estimate of drug-likeness (QED) is 0.939. The van der Waals surface area contributed by atoms with Crippen LogP contribution < -0.4 is 0 Å². The molecule has 0 aliphatic rings. The molecule has 96 valence electrons. The number of nitrogens with zero attached hydrogens (tertiary/aromatic N) is 2. The highest BCUT2D eigenvalue weighted by molar-refractivity contribution is 9.10. The zero-order valence-corrected chi connectivity index (χ0v) is 12.2. The van der Waals surface area contributed by atoms with E-state index in [0.29, 0.717) is 5.82 Å². The summed E-state index contributed by atoms with van der Waals surface area (Å²) in [6.45, 7) is 5.00. The first-order valence-electron chi connectivity index (χ1n) is 6.08. The third-order valence-corrected chi connectivity index (χ3v) is 3.84. The number of benzene rings is 1. The Morgan fingerprint density at radius 1 is 1.44 bits per heavy atom. The Morgan fingerprint density at radius 3 is 2.89 bits per heavy atom. The molecule has 0 fully saturated rings. The lowest BCUT2D eigenvalue weighted by Crippen LogP contribution is -2.09. The Hall–Kier alpha value is -1.13. The molecular formula is C14H17BrN2O. The van der Waals surface area contributed by atoms with Gasteiger partial charge in [0.2, 0.25) is 0 Å². The van der Waals surface area contributed by atoms with Crippen LogP contribution in [0.5, 0.6) is 0 Å². The predicted octanol–water partition coefficient (Wildman–Crippen LogP) is 3.45. The van der Waals surface area contributed by atoms with E-state index in [1.54, 1.807) is 6.20 Å². The van der Waals surface area contributed by atoms with Gasteiger partial charge < -0.3 is 9.67 Å². The van der Waals surface area contributed by atoms with Crippen molar-refractivity contribution in [3.8, 4) is 0 Å². The van der Waals surface area contributed by atoms with Crippen molar-refractivity contribution < 1.29 is 5.11 Å². The van der Waals surface area contributed by atoms with Gasteiger partial charge in [-0.2, -0.15) is 0 Å². The second-order valence-corrected chi connectivity index (χ2v) is 5.24. The average molecular weight is 309 g/mol. The van der Waals surface area contributed by atoms with Gasteiger partial charge in [0, 0.05) is 23.4 Å². The number of hydrogen-bond donors (Lipinski definition) is 1. The smallest absolute Gasteiger partial charge is 0.142 e. The van der Waals surface area contributed by atoms with Gasteiger partial charge in [-0.05, 0) is 30.5 Å². The van der Waals surface area contributed by atoms with E-state index >= 15 is 0 Å². The number of aliphatic hydroxyl groups is 1. The molecule has 0 bridgehead atoms. The second-order valence-electron chi connectivity index (χ2n) is 4.39. The van der Waals surface area contributed by atoms with Gasteiger partial charge in [-0.25, -0.2) is 4.98 Å². The summed E-state index contributed by atoms with van der Waals surface area (Å²) in [5, 5.41) is 10.4. The van der Waals surface area contributed by atoms with Crippen molar-refractivity contribution >= 4 is 15.9 Å². The summed E-state index contributed by atoms with van der Waals surface area (Å²) in [6, 6.07) is 5.87. The lowest BCUT2D eigenvalue weighted by atomic mass is 10.1. The van der Waals surface area contributed by atoms with E-state index in [1.807, 2.05) is 35.9 Å². The topological polar surface area (TPSA) is 38.0 Å². The first kappa shape index (κ1) is 13.3. The minimum Gasteiger partial charge on any atom is -0.380 e. The van der Waals surface area contributed by atoms with Gasteiger partial charge in [-0.3, -0.25) is 0 Å². The highest BCUT2D eigenvalue weighted by atomic mass is 79.9. The molecule has 2 rings (SSSR count). The molecule has 1 atom stereocenters. The number of hydrogen-bond acceptors (Lipinski definition) is 2. The number of rotatable bonds is 4. The summed E-state index contributed by atoms with van der Waals surface area (Å²) in [5.41, 5.74) is 1.99. The Balaban J connectivity index is 2.32. The number of aromatic nitrogens is 2. The molecule has 4 heteroatoms. The van der Waals surface area contributed by atoms with Crippen LogP contribution in [0.1, 0.15) is 36.4 Å². The van der Waals surface area contributed by atoms with E-state index in [-0.39, 0.29) is 0 Å². The van der Waals surface area contributed by atoms with E-state index in [0.717, 1.165) is 28.6 Å². The van der Waals surface area contributed by atoms with Crippen molar-refractivity contribution in [2.75, 3.05) is 0 Å². The van der Waals surface area contributed by atoms with E-state index in [9.17, 15) is 5.11 Å². The van der Waals surface area contributed by atoms with Gasteiger partial charge in [-0.15, -0.1) is 0 Å². The van der Waals surface area contributed by atoms with Gasteiger partial charge in [0.05, 0.1) is 0 Å². The van der Waals surface area contributed by atoms with Crippen molar-refractivity contribution in [1.29, 1.82) is 0 Å². The molecule has 1 heterocycles. The molecule has 1 aromatic heterocycles. The highest BCUT2D eigenvalue weighted by Gasteiger charge is 2.16. The van der Waals surface area contributed by atoms with Crippen molar-refractivity contribution in [2.45, 2.75) is 32.9 Å². The number of imidazole rings is 1. The van der Waals surface area contributed by atoms with Crippen LogP contribution in [0.25, 0.3) is 0 Å². The fourth-order valence-electron chi connectivity index (χ4n) is 1.99. The van der Waals surface area contributed by atoms with E-state index in [4.69, 9.17) is 0 Å². The molecular weight excluding hydrogens is 292 g/mol. The average Bonchev–Trinajstić information content (AvgIpc) is 2.80. The molecule has 3 nitrogen and oxygen atoms in total. The molecule has 1 N–H and O–H groups in total. The zero-order chi connectivity index (χ0) is 13.1. The first-order valence-corrected chi connectivity index (χ1v) is 6.88. The maximum absolute atomic E-state index is 10.4. The van der Waals surface area contributed by atoms with E-state index in [2.05, 4.69) is 27.8 Å². The van der Waals surface area contributed by atoms with Crippen molar-refractivity contribution in [3.05, 3.63) is 52.0 Å². The van der Waals surface area contributed by atoms with Gasteiger partial charge in [0.15, 0.2) is 0 Å². The summed E-state index contributed by atoms with van der Waals surface area (Å²) >= 11 is 3.46. The van der Waals surface area contributed by atoms with Crippen LogP contribution in [0.15, 0.2) is 35.1 Å². The number of halogens is 1. The van der Waals surface area contributed by atoms with Crippen LogP contribution in [0.2, 0.25) is 0 Å². The Bertz CT molecular complexity index is 536. The number of aliphatic hydroxyl groups excluding tert-OH is 1. The van der Waals surface area contributed by atoms with Gasteiger partial charge in [0.1, 0.15) is 11.9 Å². The van der Waals surface area contributed by atoms with Crippen LogP contribution in [0.4, 0.5) is 0 Å². The SMILES string of the molecule is CCCn1ccnc1C(O)c1ccc(Br)c(C)c1. The molecule has 0 spiro atoms. The Kier molecular flexibility index (Phi) is 4.19. The van der Waals surface area contributed by atoms with Crippen LogP contribution in [-0.2, 0) is 6.54 Å². The molecule has 0 saturated heterocycles. The predicted molar refractivity (Wildman–Crippen MR) is 75.5 cm³/mol. The second kappa shape index (κ2) is 5.67. The van der Waals surface area contributed by atoms with Gasteiger partial charge in [-0.1, -0.05) is 35.0 Å². The van der Waals surface area contributed by atoms with E-state index < -0.39 is 6.10 Å². The molecule has 2 aromatic rings. The van der Waals surface area contributed by atoms with Crippen molar-refractivity contribution in [1.82, 2.24) is 9.55 Å². The standard InChI is InChI=1S/C14H17BrN2O/c1-3-7-17-8-6-16-14(17)13(18)11-4-5-12(15)10(2)9-11/h4-6,8-9,13,18H,3,7H2,1-2H3. The third kappa shape index (κ3) is 2.65.